The van der Waals surface area contributed by atoms with Crippen LogP contribution in [0.25, 0.3) is 0 Å². The second kappa shape index (κ2) is 6.44. The van der Waals surface area contributed by atoms with Gasteiger partial charge in [-0.2, -0.15) is 0 Å². The van der Waals surface area contributed by atoms with Crippen LogP contribution in [0.3, 0.4) is 0 Å². The third kappa shape index (κ3) is 3.75. The maximum Gasteiger partial charge on any atom is 0.255 e. The zero-order valence-electron chi connectivity index (χ0n) is 11.4. The number of nitrogens with one attached hydrogen (secondary N) is 1. The van der Waals surface area contributed by atoms with Gasteiger partial charge in [-0.05, 0) is 50.2 Å². The van der Waals surface area contributed by atoms with Crippen molar-refractivity contribution in [2.24, 2.45) is 0 Å². The maximum atomic E-state index is 12.2. The van der Waals surface area contributed by atoms with E-state index < -0.39 is 0 Å². The van der Waals surface area contributed by atoms with Gasteiger partial charge in [0.1, 0.15) is 5.75 Å². The van der Waals surface area contributed by atoms with Crippen LogP contribution in [0.1, 0.15) is 24.2 Å². The molecule has 0 aromatic heterocycles. The number of carbonyl (C=O) groups excluding carboxylic acids is 1. The van der Waals surface area contributed by atoms with Gasteiger partial charge >= 0.3 is 0 Å². The van der Waals surface area contributed by atoms with Crippen LogP contribution in [-0.2, 0) is 0 Å². The Hall–Kier alpha value is -2.00. The van der Waals surface area contributed by atoms with Crippen molar-refractivity contribution in [3.63, 3.8) is 0 Å². The van der Waals surface area contributed by atoms with E-state index in [4.69, 9.17) is 16.3 Å². The predicted molar refractivity (Wildman–Crippen MR) is 81.6 cm³/mol. The van der Waals surface area contributed by atoms with Gasteiger partial charge in [0.15, 0.2) is 0 Å². The van der Waals surface area contributed by atoms with E-state index in [1.54, 1.807) is 24.3 Å². The molecule has 0 radical (unpaired) electrons. The van der Waals surface area contributed by atoms with Crippen LogP contribution in [0, 0.1) is 0 Å². The van der Waals surface area contributed by atoms with Gasteiger partial charge in [0.05, 0.1) is 11.8 Å². The van der Waals surface area contributed by atoms with Crippen molar-refractivity contribution in [2.75, 3.05) is 5.32 Å². The van der Waals surface area contributed by atoms with Crippen molar-refractivity contribution in [2.45, 2.75) is 20.0 Å². The Bertz CT molecular complexity index is 594. The number of halogens is 1. The van der Waals surface area contributed by atoms with Crippen molar-refractivity contribution in [3.8, 4) is 5.75 Å². The van der Waals surface area contributed by atoms with Crippen LogP contribution in [0.2, 0.25) is 5.02 Å². The van der Waals surface area contributed by atoms with E-state index in [0.29, 0.717) is 22.0 Å². The fourth-order valence-corrected chi connectivity index (χ4v) is 1.85. The zero-order valence-corrected chi connectivity index (χ0v) is 12.1. The summed E-state index contributed by atoms with van der Waals surface area (Å²) in [5.41, 5.74) is 1.20. The number of amides is 1. The molecule has 4 heteroatoms. The molecule has 0 atom stereocenters. The predicted octanol–water partition coefficient (Wildman–Crippen LogP) is 4.38. The molecule has 2 aromatic carbocycles. The van der Waals surface area contributed by atoms with E-state index in [-0.39, 0.29) is 12.0 Å². The molecule has 20 heavy (non-hydrogen) atoms. The SMILES string of the molecule is CC(C)Oc1ccccc1NC(=O)c1ccc(Cl)cc1. The summed E-state index contributed by atoms with van der Waals surface area (Å²) in [4.78, 5) is 12.2. The molecule has 0 saturated carbocycles. The Morgan fingerprint density at radius 2 is 1.75 bits per heavy atom. The van der Waals surface area contributed by atoms with Gasteiger partial charge in [-0.15, -0.1) is 0 Å². The number of rotatable bonds is 4. The molecule has 2 aromatic rings. The molecule has 0 aliphatic heterocycles. The summed E-state index contributed by atoms with van der Waals surface area (Å²) < 4.78 is 5.67. The van der Waals surface area contributed by atoms with Crippen LogP contribution in [-0.4, -0.2) is 12.0 Å². The second-order valence-electron chi connectivity index (χ2n) is 4.62. The summed E-state index contributed by atoms with van der Waals surface area (Å²) >= 11 is 5.81. The first-order valence-electron chi connectivity index (χ1n) is 6.39. The van der Waals surface area contributed by atoms with E-state index in [1.807, 2.05) is 38.1 Å². The van der Waals surface area contributed by atoms with Crippen molar-refractivity contribution in [1.29, 1.82) is 0 Å². The van der Waals surface area contributed by atoms with Crippen molar-refractivity contribution < 1.29 is 9.53 Å². The molecular formula is C16H16ClNO2. The highest BCUT2D eigenvalue weighted by molar-refractivity contribution is 6.30. The molecule has 2 rings (SSSR count). The molecule has 104 valence electrons. The van der Waals surface area contributed by atoms with Crippen LogP contribution >= 0.6 is 11.6 Å². The van der Waals surface area contributed by atoms with Gasteiger partial charge in [0, 0.05) is 10.6 Å². The van der Waals surface area contributed by atoms with E-state index >= 15 is 0 Å². The number of anilines is 1. The van der Waals surface area contributed by atoms with Gasteiger partial charge in [0.2, 0.25) is 0 Å². The number of ether oxygens (including phenoxy) is 1. The van der Waals surface area contributed by atoms with Crippen LogP contribution in [0.4, 0.5) is 5.69 Å². The summed E-state index contributed by atoms with van der Waals surface area (Å²) in [6.07, 6.45) is 0.0450. The Kier molecular flexibility index (Phi) is 4.64. The molecule has 0 saturated heterocycles. The quantitative estimate of drug-likeness (QED) is 0.907. The molecule has 0 unspecified atom stereocenters. The molecule has 3 nitrogen and oxygen atoms in total. The minimum atomic E-state index is -0.193. The lowest BCUT2D eigenvalue weighted by molar-refractivity contribution is 0.102. The molecule has 0 heterocycles. The third-order valence-electron chi connectivity index (χ3n) is 2.60. The van der Waals surface area contributed by atoms with Crippen LogP contribution < -0.4 is 10.1 Å². The largest absolute Gasteiger partial charge is 0.489 e. The first-order valence-corrected chi connectivity index (χ1v) is 6.76. The number of hydrogen-bond acceptors (Lipinski definition) is 2. The Balaban J connectivity index is 2.17. The molecule has 0 spiro atoms. The smallest absolute Gasteiger partial charge is 0.255 e. The highest BCUT2D eigenvalue weighted by atomic mass is 35.5. The average molecular weight is 290 g/mol. The van der Waals surface area contributed by atoms with E-state index in [9.17, 15) is 4.79 Å². The van der Waals surface area contributed by atoms with E-state index in [1.165, 1.54) is 0 Å². The second-order valence-corrected chi connectivity index (χ2v) is 5.06. The lowest BCUT2D eigenvalue weighted by Crippen LogP contribution is -2.14. The highest BCUT2D eigenvalue weighted by Gasteiger charge is 2.10. The summed E-state index contributed by atoms with van der Waals surface area (Å²) in [6, 6.07) is 14.1. The van der Waals surface area contributed by atoms with E-state index in [0.717, 1.165) is 0 Å². The molecule has 0 fully saturated rings. The van der Waals surface area contributed by atoms with Crippen LogP contribution in [0.15, 0.2) is 48.5 Å². The molecule has 1 amide bonds. The normalized spacial score (nSPS) is 10.4. The monoisotopic (exact) mass is 289 g/mol. The Morgan fingerprint density at radius 3 is 2.40 bits per heavy atom. The molecule has 0 bridgehead atoms. The lowest BCUT2D eigenvalue weighted by atomic mass is 10.2. The first kappa shape index (κ1) is 14.4. The molecule has 1 N–H and O–H groups in total. The molecular weight excluding hydrogens is 274 g/mol. The fraction of sp³-hybridized carbons (Fsp3) is 0.188. The number of para-hydroxylation sites is 2. The first-order chi connectivity index (χ1) is 9.56. The third-order valence-corrected chi connectivity index (χ3v) is 2.86. The molecule has 0 aliphatic carbocycles. The summed E-state index contributed by atoms with van der Waals surface area (Å²) in [5.74, 6) is 0.464. The minimum absolute atomic E-state index is 0.0450. The topological polar surface area (TPSA) is 38.3 Å². The van der Waals surface area contributed by atoms with Crippen molar-refractivity contribution >= 4 is 23.2 Å². The van der Waals surface area contributed by atoms with Crippen molar-refractivity contribution in [3.05, 3.63) is 59.1 Å². The Labute approximate surface area is 123 Å². The highest BCUT2D eigenvalue weighted by Crippen LogP contribution is 2.25. The fourth-order valence-electron chi connectivity index (χ4n) is 1.72. The van der Waals surface area contributed by atoms with Gasteiger partial charge in [-0.3, -0.25) is 4.79 Å². The Morgan fingerprint density at radius 1 is 1.10 bits per heavy atom. The summed E-state index contributed by atoms with van der Waals surface area (Å²) in [5, 5.41) is 3.45. The lowest BCUT2D eigenvalue weighted by Gasteiger charge is -2.14. The van der Waals surface area contributed by atoms with Gasteiger partial charge < -0.3 is 10.1 Å². The average Bonchev–Trinajstić information content (AvgIpc) is 2.41. The maximum absolute atomic E-state index is 12.2. The van der Waals surface area contributed by atoms with Gasteiger partial charge in [0.25, 0.3) is 5.91 Å². The van der Waals surface area contributed by atoms with Crippen LogP contribution in [0.5, 0.6) is 5.75 Å². The number of carbonyl (C=O) groups is 1. The summed E-state index contributed by atoms with van der Waals surface area (Å²) in [7, 11) is 0. The molecule has 0 aliphatic rings. The van der Waals surface area contributed by atoms with E-state index in [2.05, 4.69) is 5.32 Å². The van der Waals surface area contributed by atoms with Gasteiger partial charge in [-0.25, -0.2) is 0 Å². The van der Waals surface area contributed by atoms with Crippen molar-refractivity contribution in [1.82, 2.24) is 0 Å². The number of benzene rings is 2. The van der Waals surface area contributed by atoms with Gasteiger partial charge in [-0.1, -0.05) is 23.7 Å². The summed E-state index contributed by atoms with van der Waals surface area (Å²) in [6.45, 7) is 3.88. The minimum Gasteiger partial charge on any atom is -0.489 e. The standard InChI is InChI=1S/C16H16ClNO2/c1-11(2)20-15-6-4-3-5-14(15)18-16(19)12-7-9-13(17)10-8-12/h3-11H,1-2H3,(H,18,19). The zero-order chi connectivity index (χ0) is 14.5. The number of hydrogen-bond donors (Lipinski definition) is 1.